The van der Waals surface area contributed by atoms with Gasteiger partial charge in [0.05, 0.1) is 24.9 Å². The van der Waals surface area contributed by atoms with E-state index in [2.05, 4.69) is 5.32 Å². The van der Waals surface area contributed by atoms with Crippen molar-refractivity contribution in [1.29, 1.82) is 0 Å². The summed E-state index contributed by atoms with van der Waals surface area (Å²) in [5.74, 6) is 0.491. The molecule has 0 spiro atoms. The molecular formula is C15H22N2O3. The van der Waals surface area contributed by atoms with Gasteiger partial charge in [-0.05, 0) is 18.6 Å². The van der Waals surface area contributed by atoms with Crippen LogP contribution in [0.1, 0.15) is 26.2 Å². The largest absolute Gasteiger partial charge is 0.486 e. The van der Waals surface area contributed by atoms with Crippen LogP contribution in [0.2, 0.25) is 0 Å². The van der Waals surface area contributed by atoms with Gasteiger partial charge in [0.25, 0.3) is 0 Å². The molecule has 1 amide bonds. The molecule has 3 N–H and O–H groups in total. The Kier molecular flexibility index (Phi) is 5.38. The summed E-state index contributed by atoms with van der Waals surface area (Å²) < 4.78 is 11.2. The molecule has 110 valence electrons. The van der Waals surface area contributed by atoms with Crippen LogP contribution >= 0.6 is 0 Å². The SMILES string of the molecule is CCCC(N)C(=O)Nc1ccccc1OC1CCOC1. The Morgan fingerprint density at radius 1 is 1.55 bits per heavy atom. The highest BCUT2D eigenvalue weighted by Gasteiger charge is 2.20. The highest BCUT2D eigenvalue weighted by atomic mass is 16.5. The van der Waals surface area contributed by atoms with Crippen molar-refractivity contribution in [2.75, 3.05) is 18.5 Å². The van der Waals surface area contributed by atoms with E-state index in [-0.39, 0.29) is 12.0 Å². The quantitative estimate of drug-likeness (QED) is 0.833. The molecule has 1 fully saturated rings. The number of nitrogens with one attached hydrogen (secondary N) is 1. The van der Waals surface area contributed by atoms with Crippen molar-refractivity contribution in [2.45, 2.75) is 38.3 Å². The van der Waals surface area contributed by atoms with Crippen LogP contribution < -0.4 is 15.8 Å². The van der Waals surface area contributed by atoms with E-state index in [0.717, 1.165) is 19.4 Å². The first-order valence-corrected chi connectivity index (χ1v) is 7.10. The Morgan fingerprint density at radius 2 is 2.35 bits per heavy atom. The van der Waals surface area contributed by atoms with Crippen LogP contribution in [0.5, 0.6) is 5.75 Å². The molecule has 5 heteroatoms. The number of benzene rings is 1. The third kappa shape index (κ3) is 3.95. The Labute approximate surface area is 119 Å². The molecule has 0 bridgehead atoms. The van der Waals surface area contributed by atoms with Gasteiger partial charge in [-0.3, -0.25) is 4.79 Å². The summed E-state index contributed by atoms with van der Waals surface area (Å²) >= 11 is 0. The number of hydrogen-bond acceptors (Lipinski definition) is 4. The maximum atomic E-state index is 12.0. The average Bonchev–Trinajstić information content (AvgIpc) is 2.94. The molecular weight excluding hydrogens is 256 g/mol. The van der Waals surface area contributed by atoms with Gasteiger partial charge in [0.15, 0.2) is 0 Å². The molecule has 0 radical (unpaired) electrons. The van der Waals surface area contributed by atoms with Gasteiger partial charge < -0.3 is 20.5 Å². The number of carbonyl (C=O) groups is 1. The molecule has 1 saturated heterocycles. The van der Waals surface area contributed by atoms with Gasteiger partial charge in [-0.25, -0.2) is 0 Å². The molecule has 1 aromatic rings. The lowest BCUT2D eigenvalue weighted by Crippen LogP contribution is -2.35. The molecule has 1 aliphatic rings. The van der Waals surface area contributed by atoms with Crippen LogP contribution in [0.25, 0.3) is 0 Å². The Balaban J connectivity index is 2.01. The van der Waals surface area contributed by atoms with Gasteiger partial charge in [-0.2, -0.15) is 0 Å². The summed E-state index contributed by atoms with van der Waals surface area (Å²) in [4.78, 5) is 12.0. The van der Waals surface area contributed by atoms with E-state index in [1.807, 2.05) is 31.2 Å². The van der Waals surface area contributed by atoms with E-state index in [9.17, 15) is 4.79 Å². The van der Waals surface area contributed by atoms with E-state index in [1.54, 1.807) is 0 Å². The second-order valence-corrected chi connectivity index (χ2v) is 4.98. The minimum Gasteiger partial charge on any atom is -0.486 e. The third-order valence-electron chi connectivity index (χ3n) is 3.26. The molecule has 2 atom stereocenters. The summed E-state index contributed by atoms with van der Waals surface area (Å²) in [5.41, 5.74) is 6.48. The number of para-hydroxylation sites is 2. The highest BCUT2D eigenvalue weighted by Crippen LogP contribution is 2.26. The van der Waals surface area contributed by atoms with Crippen molar-refractivity contribution < 1.29 is 14.3 Å². The number of anilines is 1. The Morgan fingerprint density at radius 3 is 3.05 bits per heavy atom. The van der Waals surface area contributed by atoms with Gasteiger partial charge in [-0.15, -0.1) is 0 Å². The zero-order chi connectivity index (χ0) is 14.4. The number of nitrogens with two attached hydrogens (primary N) is 1. The van der Waals surface area contributed by atoms with Crippen molar-refractivity contribution in [2.24, 2.45) is 5.73 Å². The zero-order valence-corrected chi connectivity index (χ0v) is 11.8. The third-order valence-corrected chi connectivity index (χ3v) is 3.26. The standard InChI is InChI=1S/C15H22N2O3/c1-2-5-12(16)15(18)17-13-6-3-4-7-14(13)20-11-8-9-19-10-11/h3-4,6-7,11-12H,2,5,8-10,16H2,1H3,(H,17,18). The second kappa shape index (κ2) is 7.26. The van der Waals surface area contributed by atoms with Crippen molar-refractivity contribution in [1.82, 2.24) is 0 Å². The van der Waals surface area contributed by atoms with Gasteiger partial charge in [0.1, 0.15) is 11.9 Å². The summed E-state index contributed by atoms with van der Waals surface area (Å²) in [6, 6.07) is 6.93. The van der Waals surface area contributed by atoms with Crippen molar-refractivity contribution in [3.05, 3.63) is 24.3 Å². The molecule has 1 aromatic carbocycles. The fourth-order valence-corrected chi connectivity index (χ4v) is 2.13. The molecule has 0 saturated carbocycles. The molecule has 0 aromatic heterocycles. The predicted octanol–water partition coefficient (Wildman–Crippen LogP) is 1.92. The lowest BCUT2D eigenvalue weighted by Gasteiger charge is -2.17. The van der Waals surface area contributed by atoms with Gasteiger partial charge in [0.2, 0.25) is 5.91 Å². The van der Waals surface area contributed by atoms with Gasteiger partial charge >= 0.3 is 0 Å². The number of ether oxygens (including phenoxy) is 2. The molecule has 2 unspecified atom stereocenters. The van der Waals surface area contributed by atoms with Crippen molar-refractivity contribution in [3.63, 3.8) is 0 Å². The van der Waals surface area contributed by atoms with Crippen LogP contribution in [0.15, 0.2) is 24.3 Å². The first-order valence-electron chi connectivity index (χ1n) is 7.10. The predicted molar refractivity (Wildman–Crippen MR) is 77.8 cm³/mol. The molecule has 5 nitrogen and oxygen atoms in total. The second-order valence-electron chi connectivity index (χ2n) is 4.98. The van der Waals surface area contributed by atoms with E-state index in [0.29, 0.717) is 24.5 Å². The fraction of sp³-hybridized carbons (Fsp3) is 0.533. The van der Waals surface area contributed by atoms with Crippen LogP contribution in [0, 0.1) is 0 Å². The van der Waals surface area contributed by atoms with Crippen LogP contribution in [-0.2, 0) is 9.53 Å². The summed E-state index contributed by atoms with van der Waals surface area (Å²) in [7, 11) is 0. The normalized spacial score (nSPS) is 19.6. The number of rotatable bonds is 6. The maximum absolute atomic E-state index is 12.0. The van der Waals surface area contributed by atoms with E-state index < -0.39 is 6.04 Å². The molecule has 0 aliphatic carbocycles. The molecule has 1 aliphatic heterocycles. The van der Waals surface area contributed by atoms with E-state index >= 15 is 0 Å². The minimum atomic E-state index is -0.483. The highest BCUT2D eigenvalue weighted by molar-refractivity contribution is 5.95. The van der Waals surface area contributed by atoms with Crippen LogP contribution in [-0.4, -0.2) is 31.3 Å². The van der Waals surface area contributed by atoms with Crippen molar-refractivity contribution in [3.8, 4) is 5.75 Å². The monoisotopic (exact) mass is 278 g/mol. The fourth-order valence-electron chi connectivity index (χ4n) is 2.13. The molecule has 1 heterocycles. The van der Waals surface area contributed by atoms with E-state index in [1.165, 1.54) is 0 Å². The molecule has 2 rings (SSSR count). The smallest absolute Gasteiger partial charge is 0.241 e. The van der Waals surface area contributed by atoms with Gasteiger partial charge in [0, 0.05) is 6.42 Å². The Hall–Kier alpha value is -1.59. The molecule has 20 heavy (non-hydrogen) atoms. The Bertz CT molecular complexity index is 444. The zero-order valence-electron chi connectivity index (χ0n) is 11.8. The van der Waals surface area contributed by atoms with Crippen LogP contribution in [0.3, 0.4) is 0 Å². The summed E-state index contributed by atoms with van der Waals surface area (Å²) in [6.07, 6.45) is 2.48. The minimum absolute atomic E-state index is 0.0531. The maximum Gasteiger partial charge on any atom is 0.241 e. The summed E-state index contributed by atoms with van der Waals surface area (Å²) in [5, 5.41) is 2.84. The topological polar surface area (TPSA) is 73.6 Å². The average molecular weight is 278 g/mol. The number of amides is 1. The van der Waals surface area contributed by atoms with E-state index in [4.69, 9.17) is 15.2 Å². The summed E-state index contributed by atoms with van der Waals surface area (Å²) in [6.45, 7) is 3.32. The first-order chi connectivity index (χ1) is 9.70. The number of carbonyl (C=O) groups excluding carboxylic acids is 1. The van der Waals surface area contributed by atoms with Gasteiger partial charge in [-0.1, -0.05) is 25.5 Å². The lowest BCUT2D eigenvalue weighted by molar-refractivity contribution is -0.117. The van der Waals surface area contributed by atoms with Crippen molar-refractivity contribution >= 4 is 11.6 Å². The lowest BCUT2D eigenvalue weighted by atomic mass is 10.1. The van der Waals surface area contributed by atoms with Crippen LogP contribution in [0.4, 0.5) is 5.69 Å². The number of hydrogen-bond donors (Lipinski definition) is 2. The first kappa shape index (κ1) is 14.8.